The number of ether oxygens (including phenoxy) is 1. The Labute approximate surface area is 147 Å². The highest BCUT2D eigenvalue weighted by Crippen LogP contribution is 2.37. The minimum atomic E-state index is -4.74. The Kier molecular flexibility index (Phi) is 5.88. The van der Waals surface area contributed by atoms with Gasteiger partial charge in [-0.2, -0.15) is 13.2 Å². The smallest absolute Gasteiger partial charge is 0.419 e. The molecule has 2 rings (SSSR count). The number of amides is 1. The van der Waals surface area contributed by atoms with Crippen LogP contribution in [0.2, 0.25) is 10.0 Å². The van der Waals surface area contributed by atoms with E-state index in [9.17, 15) is 23.1 Å². The molecule has 1 aromatic carbocycles. The normalized spacial score (nSPS) is 21.2. The summed E-state index contributed by atoms with van der Waals surface area (Å²) < 4.78 is 43.5. The summed E-state index contributed by atoms with van der Waals surface area (Å²) in [5.41, 5.74) is -2.81. The number of benzene rings is 1. The van der Waals surface area contributed by atoms with Gasteiger partial charge in [0.2, 0.25) is 5.91 Å². The molecule has 1 atom stereocenters. The predicted molar refractivity (Wildman–Crippen MR) is 83.4 cm³/mol. The van der Waals surface area contributed by atoms with Gasteiger partial charge < -0.3 is 14.7 Å². The minimum absolute atomic E-state index is 0.0269. The van der Waals surface area contributed by atoms with Crippen molar-refractivity contribution in [1.29, 1.82) is 0 Å². The van der Waals surface area contributed by atoms with E-state index in [1.54, 1.807) is 12.1 Å². The molecule has 1 N–H and O–H groups in total. The highest BCUT2D eigenvalue weighted by atomic mass is 35.5. The maximum atomic E-state index is 12.7. The van der Waals surface area contributed by atoms with E-state index >= 15 is 0 Å². The van der Waals surface area contributed by atoms with Crippen molar-refractivity contribution in [1.82, 2.24) is 4.90 Å². The monoisotopic (exact) mass is 385 g/mol. The van der Waals surface area contributed by atoms with Crippen molar-refractivity contribution in [2.24, 2.45) is 0 Å². The number of halogens is 5. The molecule has 0 saturated carbocycles. The molecule has 0 bridgehead atoms. The molecule has 1 heterocycles. The van der Waals surface area contributed by atoms with Crippen LogP contribution in [0.4, 0.5) is 13.2 Å². The van der Waals surface area contributed by atoms with Crippen LogP contribution in [0.15, 0.2) is 18.2 Å². The van der Waals surface area contributed by atoms with E-state index in [1.165, 1.54) is 6.07 Å². The van der Waals surface area contributed by atoms with Crippen molar-refractivity contribution in [2.75, 3.05) is 19.7 Å². The van der Waals surface area contributed by atoms with Crippen LogP contribution in [0, 0.1) is 0 Å². The van der Waals surface area contributed by atoms with Gasteiger partial charge in [0, 0.05) is 24.4 Å². The van der Waals surface area contributed by atoms with Gasteiger partial charge >= 0.3 is 6.18 Å². The molecule has 1 amide bonds. The average molecular weight is 386 g/mol. The fourth-order valence-corrected chi connectivity index (χ4v) is 2.86. The van der Waals surface area contributed by atoms with Crippen molar-refractivity contribution in [3.63, 3.8) is 0 Å². The zero-order valence-corrected chi connectivity index (χ0v) is 14.1. The Bertz CT molecular complexity index is 612. The number of rotatable bonds is 5. The SMILES string of the molecule is O=C(CCCOc1ccc(Cl)cc1Cl)N1CCC(O)(C(F)(F)F)C1. The molecule has 134 valence electrons. The molecule has 1 saturated heterocycles. The second-order valence-electron chi connectivity index (χ2n) is 5.62. The molecule has 0 spiro atoms. The first-order valence-corrected chi connectivity index (χ1v) is 8.03. The van der Waals surface area contributed by atoms with E-state index in [4.69, 9.17) is 27.9 Å². The fraction of sp³-hybridized carbons (Fsp3) is 0.533. The summed E-state index contributed by atoms with van der Waals surface area (Å²) in [6.45, 7) is -0.650. The van der Waals surface area contributed by atoms with Gasteiger partial charge in [-0.25, -0.2) is 0 Å². The number of hydrogen-bond acceptors (Lipinski definition) is 3. The third-order valence-electron chi connectivity index (χ3n) is 3.81. The van der Waals surface area contributed by atoms with E-state index in [1.807, 2.05) is 0 Å². The molecule has 1 aliphatic heterocycles. The molecule has 0 radical (unpaired) electrons. The lowest BCUT2D eigenvalue weighted by molar-refractivity contribution is -0.253. The number of likely N-dealkylation sites (tertiary alicyclic amines) is 1. The minimum Gasteiger partial charge on any atom is -0.492 e. The fourth-order valence-electron chi connectivity index (χ4n) is 2.39. The van der Waals surface area contributed by atoms with Crippen LogP contribution in [-0.2, 0) is 4.79 Å². The summed E-state index contributed by atoms with van der Waals surface area (Å²) in [4.78, 5) is 13.0. The Morgan fingerprint density at radius 2 is 2.08 bits per heavy atom. The molecule has 1 aromatic rings. The number of carbonyl (C=O) groups excluding carboxylic acids is 1. The van der Waals surface area contributed by atoms with Crippen LogP contribution in [0.25, 0.3) is 0 Å². The Morgan fingerprint density at radius 3 is 2.67 bits per heavy atom. The Balaban J connectivity index is 1.76. The first-order chi connectivity index (χ1) is 11.1. The molecule has 1 fully saturated rings. The molecule has 0 aromatic heterocycles. The van der Waals surface area contributed by atoms with Gasteiger partial charge in [0.05, 0.1) is 18.2 Å². The van der Waals surface area contributed by atoms with Gasteiger partial charge in [-0.15, -0.1) is 0 Å². The van der Waals surface area contributed by atoms with Gasteiger partial charge in [-0.1, -0.05) is 23.2 Å². The quantitative estimate of drug-likeness (QED) is 0.786. The van der Waals surface area contributed by atoms with E-state index in [0.29, 0.717) is 22.2 Å². The number of alkyl halides is 3. The van der Waals surface area contributed by atoms with Gasteiger partial charge in [0.25, 0.3) is 0 Å². The maximum Gasteiger partial charge on any atom is 0.419 e. The molecule has 9 heteroatoms. The molecule has 4 nitrogen and oxygen atoms in total. The predicted octanol–water partition coefficient (Wildman–Crippen LogP) is 3.68. The standard InChI is InChI=1S/C15H16Cl2F3NO3/c16-10-3-4-12(11(17)8-10)24-7-1-2-13(22)21-6-5-14(23,9-21)15(18,19)20/h3-4,8,23H,1-2,5-7,9H2. The zero-order chi connectivity index (χ0) is 18.0. The Hall–Kier alpha value is -1.18. The van der Waals surface area contributed by atoms with Crippen LogP contribution in [0.5, 0.6) is 5.75 Å². The number of nitrogens with zero attached hydrogens (tertiary/aromatic N) is 1. The third-order valence-corrected chi connectivity index (χ3v) is 4.35. The van der Waals surface area contributed by atoms with Gasteiger partial charge in [0.1, 0.15) is 5.75 Å². The van der Waals surface area contributed by atoms with Crippen LogP contribution in [-0.4, -0.2) is 47.4 Å². The maximum absolute atomic E-state index is 12.7. The average Bonchev–Trinajstić information content (AvgIpc) is 2.89. The number of aliphatic hydroxyl groups is 1. The molecular formula is C15H16Cl2F3NO3. The van der Waals surface area contributed by atoms with Gasteiger partial charge in [-0.05, 0) is 24.6 Å². The Morgan fingerprint density at radius 1 is 1.38 bits per heavy atom. The molecular weight excluding hydrogens is 370 g/mol. The summed E-state index contributed by atoms with van der Waals surface area (Å²) >= 11 is 11.7. The summed E-state index contributed by atoms with van der Waals surface area (Å²) in [6, 6.07) is 4.72. The van der Waals surface area contributed by atoms with Crippen molar-refractivity contribution >= 4 is 29.1 Å². The van der Waals surface area contributed by atoms with E-state index < -0.39 is 30.7 Å². The number of carbonyl (C=O) groups is 1. The second-order valence-corrected chi connectivity index (χ2v) is 6.47. The molecule has 1 unspecified atom stereocenters. The van der Waals surface area contributed by atoms with Crippen molar-refractivity contribution in [3.8, 4) is 5.75 Å². The van der Waals surface area contributed by atoms with Crippen molar-refractivity contribution in [3.05, 3.63) is 28.2 Å². The lowest BCUT2D eigenvalue weighted by Gasteiger charge is -2.25. The zero-order valence-electron chi connectivity index (χ0n) is 12.6. The summed E-state index contributed by atoms with van der Waals surface area (Å²) in [5, 5.41) is 10.4. The first kappa shape index (κ1) is 19.1. The van der Waals surface area contributed by atoms with E-state index in [2.05, 4.69) is 0 Å². The topological polar surface area (TPSA) is 49.8 Å². The van der Waals surface area contributed by atoms with Crippen LogP contribution >= 0.6 is 23.2 Å². The lowest BCUT2D eigenvalue weighted by Crippen LogP contribution is -2.48. The highest BCUT2D eigenvalue weighted by molar-refractivity contribution is 6.35. The second kappa shape index (κ2) is 7.37. The summed E-state index contributed by atoms with van der Waals surface area (Å²) in [5.74, 6) is -0.0258. The largest absolute Gasteiger partial charge is 0.492 e. The summed E-state index contributed by atoms with van der Waals surface area (Å²) in [7, 11) is 0. The molecule has 0 aliphatic carbocycles. The van der Waals surface area contributed by atoms with Gasteiger partial charge in [0.15, 0.2) is 5.60 Å². The molecule has 24 heavy (non-hydrogen) atoms. The van der Waals surface area contributed by atoms with Gasteiger partial charge in [-0.3, -0.25) is 4.79 Å². The van der Waals surface area contributed by atoms with Crippen LogP contribution in [0.1, 0.15) is 19.3 Å². The number of β-amino-alcohol motifs (C(OH)–C–C–N with tert-alkyl or cyclic N) is 1. The number of hydrogen-bond donors (Lipinski definition) is 1. The van der Waals surface area contributed by atoms with E-state index in [0.717, 1.165) is 4.90 Å². The molecule has 1 aliphatic rings. The third kappa shape index (κ3) is 4.46. The lowest BCUT2D eigenvalue weighted by atomic mass is 10.0. The van der Waals surface area contributed by atoms with Crippen molar-refractivity contribution in [2.45, 2.75) is 31.0 Å². The van der Waals surface area contributed by atoms with Crippen LogP contribution < -0.4 is 4.74 Å². The first-order valence-electron chi connectivity index (χ1n) is 7.27. The van der Waals surface area contributed by atoms with Crippen molar-refractivity contribution < 1.29 is 27.8 Å². The summed E-state index contributed by atoms with van der Waals surface area (Å²) in [6.07, 6.45) is -4.90. The van der Waals surface area contributed by atoms with E-state index in [-0.39, 0.29) is 19.6 Å². The van der Waals surface area contributed by atoms with Crippen LogP contribution in [0.3, 0.4) is 0 Å². The highest BCUT2D eigenvalue weighted by Gasteiger charge is 2.57.